The zero-order valence-electron chi connectivity index (χ0n) is 17.2. The van der Waals surface area contributed by atoms with E-state index in [0.29, 0.717) is 18.7 Å². The van der Waals surface area contributed by atoms with Gasteiger partial charge in [-0.2, -0.15) is 5.10 Å². The third kappa shape index (κ3) is 5.40. The lowest BCUT2D eigenvalue weighted by Gasteiger charge is -2.28. The lowest BCUT2D eigenvalue weighted by Crippen LogP contribution is -2.46. The first kappa shape index (κ1) is 21.9. The van der Waals surface area contributed by atoms with Crippen molar-refractivity contribution < 1.29 is 4.74 Å². The molecule has 1 unspecified atom stereocenters. The van der Waals surface area contributed by atoms with Crippen LogP contribution in [0.4, 0.5) is 0 Å². The van der Waals surface area contributed by atoms with E-state index in [4.69, 9.17) is 4.74 Å². The number of halogens is 1. The summed E-state index contributed by atoms with van der Waals surface area (Å²) in [6.07, 6.45) is 6.84. The van der Waals surface area contributed by atoms with Crippen LogP contribution in [0.3, 0.4) is 0 Å². The molecule has 1 atom stereocenters. The molecule has 158 valence electrons. The number of fused-ring (bicyclic) bond motifs is 1. The van der Waals surface area contributed by atoms with E-state index < -0.39 is 0 Å². The summed E-state index contributed by atoms with van der Waals surface area (Å²) in [5.74, 6) is 3.82. The molecule has 2 aliphatic rings. The average Bonchev–Trinajstić information content (AvgIpc) is 3.11. The van der Waals surface area contributed by atoms with E-state index in [2.05, 4.69) is 50.8 Å². The van der Waals surface area contributed by atoms with Crippen LogP contribution in [0.25, 0.3) is 0 Å². The Morgan fingerprint density at radius 3 is 2.83 bits per heavy atom. The number of para-hydroxylation sites is 1. The minimum Gasteiger partial charge on any atom is -0.490 e. The van der Waals surface area contributed by atoms with E-state index in [1.807, 2.05) is 17.8 Å². The summed E-state index contributed by atoms with van der Waals surface area (Å²) >= 11 is 0. The fraction of sp³-hybridized carbons (Fsp3) is 0.571. The predicted octanol–water partition coefficient (Wildman–Crippen LogP) is 3.07. The number of hydrogen-bond acceptors (Lipinski definition) is 4. The number of aromatic nitrogens is 3. The SMILES string of the molecule is CCc1nc2n(n1)CC(NC(=NC)NCc1ccccc1OC1CCC1)CC2.I. The van der Waals surface area contributed by atoms with Crippen LogP contribution in [0.5, 0.6) is 5.75 Å². The van der Waals surface area contributed by atoms with Crippen molar-refractivity contribution in [1.82, 2.24) is 25.4 Å². The standard InChI is InChI=1S/C21H30N6O.HI/c1-3-19-25-20-12-11-16(14-27(20)26-19)24-21(22-2)23-13-15-7-4-5-10-18(15)28-17-8-6-9-17;/h4-5,7,10,16-17H,3,6,8-9,11-14H2,1-2H3,(H2,22,23,24);1H. The molecular weight excluding hydrogens is 479 g/mol. The summed E-state index contributed by atoms with van der Waals surface area (Å²) in [5.41, 5.74) is 1.16. The number of aliphatic imine (C=N–C) groups is 1. The quantitative estimate of drug-likeness (QED) is 0.355. The van der Waals surface area contributed by atoms with Gasteiger partial charge in [-0.05, 0) is 31.7 Å². The second-order valence-electron chi connectivity index (χ2n) is 7.56. The van der Waals surface area contributed by atoms with Crippen LogP contribution in [0, 0.1) is 0 Å². The molecule has 1 aliphatic carbocycles. The van der Waals surface area contributed by atoms with Crippen molar-refractivity contribution in [3.8, 4) is 5.75 Å². The fourth-order valence-corrected chi connectivity index (χ4v) is 3.63. The summed E-state index contributed by atoms with van der Waals surface area (Å²) in [7, 11) is 1.81. The third-order valence-electron chi connectivity index (χ3n) is 5.55. The van der Waals surface area contributed by atoms with Gasteiger partial charge in [0.1, 0.15) is 11.6 Å². The van der Waals surface area contributed by atoms with Crippen molar-refractivity contribution in [1.29, 1.82) is 0 Å². The van der Waals surface area contributed by atoms with Crippen LogP contribution in [-0.2, 0) is 25.9 Å². The highest BCUT2D eigenvalue weighted by Crippen LogP contribution is 2.27. The molecule has 0 radical (unpaired) electrons. The molecule has 0 saturated heterocycles. The molecule has 0 amide bonds. The Balaban J connectivity index is 0.00000240. The number of nitrogens with one attached hydrogen (secondary N) is 2. The molecular formula is C21H31IN6O. The summed E-state index contributed by atoms with van der Waals surface area (Å²) in [5, 5.41) is 11.6. The first-order chi connectivity index (χ1) is 13.7. The summed E-state index contributed by atoms with van der Waals surface area (Å²) in [4.78, 5) is 8.99. The molecule has 1 aromatic heterocycles. The van der Waals surface area contributed by atoms with E-state index in [9.17, 15) is 0 Å². The zero-order chi connectivity index (χ0) is 19.3. The van der Waals surface area contributed by atoms with Crippen molar-refractivity contribution in [3.05, 3.63) is 41.5 Å². The highest BCUT2D eigenvalue weighted by Gasteiger charge is 2.23. The van der Waals surface area contributed by atoms with Crippen LogP contribution >= 0.6 is 24.0 Å². The van der Waals surface area contributed by atoms with Gasteiger partial charge < -0.3 is 15.4 Å². The van der Waals surface area contributed by atoms with Gasteiger partial charge in [-0.25, -0.2) is 9.67 Å². The van der Waals surface area contributed by atoms with Crippen LogP contribution < -0.4 is 15.4 Å². The third-order valence-corrected chi connectivity index (χ3v) is 5.55. The Morgan fingerprint density at radius 2 is 2.10 bits per heavy atom. The molecule has 8 heteroatoms. The van der Waals surface area contributed by atoms with Crippen LogP contribution in [-0.4, -0.2) is 39.9 Å². The second kappa shape index (κ2) is 10.3. The molecule has 0 bridgehead atoms. The lowest BCUT2D eigenvalue weighted by molar-refractivity contribution is 0.119. The lowest BCUT2D eigenvalue weighted by atomic mass is 9.96. The number of ether oxygens (including phenoxy) is 1. The van der Waals surface area contributed by atoms with Crippen molar-refractivity contribution in [2.45, 2.75) is 70.7 Å². The van der Waals surface area contributed by atoms with Gasteiger partial charge in [-0.15, -0.1) is 24.0 Å². The molecule has 4 rings (SSSR count). The van der Waals surface area contributed by atoms with Crippen molar-refractivity contribution in [3.63, 3.8) is 0 Å². The van der Waals surface area contributed by atoms with Gasteiger partial charge in [0.05, 0.1) is 12.6 Å². The van der Waals surface area contributed by atoms with Crippen LogP contribution in [0.15, 0.2) is 29.3 Å². The maximum atomic E-state index is 6.13. The van der Waals surface area contributed by atoms with E-state index in [1.165, 1.54) is 6.42 Å². The topological polar surface area (TPSA) is 76.4 Å². The van der Waals surface area contributed by atoms with Gasteiger partial charge in [0.25, 0.3) is 0 Å². The number of nitrogens with zero attached hydrogens (tertiary/aromatic N) is 4. The fourth-order valence-electron chi connectivity index (χ4n) is 3.63. The smallest absolute Gasteiger partial charge is 0.191 e. The van der Waals surface area contributed by atoms with Gasteiger partial charge in [-0.3, -0.25) is 4.99 Å². The highest BCUT2D eigenvalue weighted by molar-refractivity contribution is 14.0. The second-order valence-corrected chi connectivity index (χ2v) is 7.56. The van der Waals surface area contributed by atoms with Crippen LogP contribution in [0.1, 0.15) is 49.8 Å². The Kier molecular flexibility index (Phi) is 7.74. The first-order valence-corrected chi connectivity index (χ1v) is 10.4. The number of guanidine groups is 1. The van der Waals surface area contributed by atoms with E-state index in [-0.39, 0.29) is 24.0 Å². The normalized spacial score (nSPS) is 19.0. The predicted molar refractivity (Wildman–Crippen MR) is 125 cm³/mol. The molecule has 1 fully saturated rings. The monoisotopic (exact) mass is 510 g/mol. The van der Waals surface area contributed by atoms with Crippen molar-refractivity contribution in [2.75, 3.05) is 7.05 Å². The summed E-state index contributed by atoms with van der Waals surface area (Å²) < 4.78 is 8.17. The number of rotatable bonds is 6. The maximum Gasteiger partial charge on any atom is 0.191 e. The molecule has 0 spiro atoms. The largest absolute Gasteiger partial charge is 0.490 e. The van der Waals surface area contributed by atoms with E-state index in [1.54, 1.807) is 0 Å². The Morgan fingerprint density at radius 1 is 1.28 bits per heavy atom. The number of hydrogen-bond donors (Lipinski definition) is 2. The molecule has 2 aromatic rings. The van der Waals surface area contributed by atoms with Crippen LogP contribution in [0.2, 0.25) is 0 Å². The van der Waals surface area contributed by atoms with Gasteiger partial charge in [-0.1, -0.05) is 25.1 Å². The Labute approximate surface area is 189 Å². The van der Waals surface area contributed by atoms with Gasteiger partial charge in [0, 0.05) is 38.0 Å². The molecule has 1 aromatic carbocycles. The number of benzene rings is 1. The van der Waals surface area contributed by atoms with Crippen molar-refractivity contribution in [2.24, 2.45) is 4.99 Å². The minimum absolute atomic E-state index is 0. The molecule has 2 heterocycles. The first-order valence-electron chi connectivity index (χ1n) is 10.4. The Hall–Kier alpha value is -1.84. The molecule has 1 saturated carbocycles. The van der Waals surface area contributed by atoms with E-state index >= 15 is 0 Å². The maximum absolute atomic E-state index is 6.13. The van der Waals surface area contributed by atoms with Crippen molar-refractivity contribution >= 4 is 29.9 Å². The zero-order valence-corrected chi connectivity index (χ0v) is 19.6. The summed E-state index contributed by atoms with van der Waals surface area (Å²) in [6, 6.07) is 8.56. The Bertz CT molecular complexity index is 832. The summed E-state index contributed by atoms with van der Waals surface area (Å²) in [6.45, 7) is 3.60. The van der Waals surface area contributed by atoms with Gasteiger partial charge in [0.2, 0.25) is 0 Å². The van der Waals surface area contributed by atoms with Gasteiger partial charge in [0.15, 0.2) is 11.8 Å². The number of aryl methyl sites for hydroxylation is 2. The molecule has 2 N–H and O–H groups in total. The van der Waals surface area contributed by atoms with E-state index in [0.717, 1.165) is 67.6 Å². The molecule has 29 heavy (non-hydrogen) atoms. The highest BCUT2D eigenvalue weighted by atomic mass is 127. The molecule has 7 nitrogen and oxygen atoms in total. The molecule has 1 aliphatic heterocycles. The average molecular weight is 510 g/mol. The van der Waals surface area contributed by atoms with Gasteiger partial charge >= 0.3 is 0 Å². The minimum atomic E-state index is 0.